The molecule has 2 heterocycles. The fourth-order valence-corrected chi connectivity index (χ4v) is 3.80. The van der Waals surface area contributed by atoms with E-state index in [0.29, 0.717) is 0 Å². The zero-order valence-corrected chi connectivity index (χ0v) is 11.3. The van der Waals surface area contributed by atoms with Crippen LogP contribution in [-0.4, -0.2) is 17.2 Å². The molecule has 2 aliphatic rings. The minimum atomic E-state index is 0.156. The molecule has 1 atom stereocenters. The second-order valence-corrected chi connectivity index (χ2v) is 6.29. The van der Waals surface area contributed by atoms with Crippen molar-refractivity contribution in [3.8, 4) is 0 Å². The Morgan fingerprint density at radius 1 is 1.11 bits per heavy atom. The fourth-order valence-electron chi connectivity index (χ4n) is 3.80. The summed E-state index contributed by atoms with van der Waals surface area (Å²) in [4.78, 5) is 4.60. The van der Waals surface area contributed by atoms with Crippen molar-refractivity contribution in [2.45, 2.75) is 62.9 Å². The molecule has 2 fully saturated rings. The van der Waals surface area contributed by atoms with E-state index < -0.39 is 0 Å². The van der Waals surface area contributed by atoms with Crippen LogP contribution >= 0.6 is 0 Å². The van der Waals surface area contributed by atoms with Crippen LogP contribution in [0.5, 0.6) is 0 Å². The van der Waals surface area contributed by atoms with Crippen LogP contribution in [0.15, 0.2) is 24.4 Å². The molecule has 0 N–H and O–H groups in total. The molecule has 98 valence electrons. The van der Waals surface area contributed by atoms with Crippen molar-refractivity contribution in [3.05, 3.63) is 30.1 Å². The Balaban J connectivity index is 1.84. The van der Waals surface area contributed by atoms with Crippen molar-refractivity contribution in [1.29, 1.82) is 0 Å². The third-order valence-electron chi connectivity index (χ3n) is 4.82. The predicted octanol–water partition coefficient (Wildman–Crippen LogP) is 3.85. The molecule has 1 saturated carbocycles. The molecule has 0 radical (unpaired) electrons. The van der Waals surface area contributed by atoms with E-state index in [9.17, 15) is 0 Å². The zero-order valence-electron chi connectivity index (χ0n) is 11.3. The third kappa shape index (κ3) is 2.18. The quantitative estimate of drug-likeness (QED) is 0.749. The molecule has 1 spiro atoms. The lowest BCUT2D eigenvalue weighted by atomic mass is 9.67. The first-order chi connectivity index (χ1) is 8.73. The lowest BCUT2D eigenvalue weighted by molar-refractivity contribution is -0.123. The van der Waals surface area contributed by atoms with Gasteiger partial charge in [-0.3, -0.25) is 4.98 Å². The first-order valence-corrected chi connectivity index (χ1v) is 7.28. The maximum Gasteiger partial charge on any atom is 0.0691 e. The van der Waals surface area contributed by atoms with Crippen LogP contribution in [0.1, 0.15) is 57.6 Å². The van der Waals surface area contributed by atoms with Crippen molar-refractivity contribution in [2.24, 2.45) is 0 Å². The second kappa shape index (κ2) is 4.65. The molecule has 0 aromatic carbocycles. The van der Waals surface area contributed by atoms with Gasteiger partial charge < -0.3 is 4.74 Å². The summed E-state index contributed by atoms with van der Waals surface area (Å²) in [6.07, 6.45) is 10.7. The van der Waals surface area contributed by atoms with Gasteiger partial charge in [-0.1, -0.05) is 32.3 Å². The van der Waals surface area contributed by atoms with E-state index in [2.05, 4.69) is 24.0 Å². The van der Waals surface area contributed by atoms with Crippen LogP contribution < -0.4 is 0 Å². The highest BCUT2D eigenvalue weighted by Gasteiger charge is 2.45. The summed E-state index contributed by atoms with van der Waals surface area (Å²) in [5.41, 5.74) is 1.61. The molecular weight excluding hydrogens is 222 g/mol. The van der Waals surface area contributed by atoms with Gasteiger partial charge in [-0.2, -0.15) is 0 Å². The summed E-state index contributed by atoms with van der Waals surface area (Å²) in [5.74, 6) is 0. The smallest absolute Gasteiger partial charge is 0.0691 e. The SMILES string of the molecule is CC1(c2ccccn2)CCOC2(CCCCC2)C1. The van der Waals surface area contributed by atoms with Crippen molar-refractivity contribution in [3.63, 3.8) is 0 Å². The lowest BCUT2D eigenvalue weighted by Gasteiger charge is -2.48. The average Bonchev–Trinajstić information content (AvgIpc) is 2.40. The molecule has 2 nitrogen and oxygen atoms in total. The maximum absolute atomic E-state index is 6.20. The molecule has 1 saturated heterocycles. The standard InChI is InChI=1S/C16H23NO/c1-15(14-7-3-6-11-17-14)10-12-18-16(13-15)8-4-2-5-9-16/h3,6-7,11H,2,4-5,8-10,12-13H2,1H3. The highest BCUT2D eigenvalue weighted by Crippen LogP contribution is 2.46. The number of aromatic nitrogens is 1. The average molecular weight is 245 g/mol. The van der Waals surface area contributed by atoms with Crippen molar-refractivity contribution < 1.29 is 4.74 Å². The summed E-state index contributed by atoms with van der Waals surface area (Å²) in [7, 11) is 0. The molecular formula is C16H23NO. The molecule has 1 aliphatic heterocycles. The number of nitrogens with zero attached hydrogens (tertiary/aromatic N) is 1. The Morgan fingerprint density at radius 3 is 2.67 bits per heavy atom. The monoisotopic (exact) mass is 245 g/mol. The van der Waals surface area contributed by atoms with Gasteiger partial charge in [-0.15, -0.1) is 0 Å². The van der Waals surface area contributed by atoms with Crippen LogP contribution in [0.2, 0.25) is 0 Å². The van der Waals surface area contributed by atoms with Gasteiger partial charge in [0.1, 0.15) is 0 Å². The number of pyridine rings is 1. The molecule has 1 aliphatic carbocycles. The topological polar surface area (TPSA) is 22.1 Å². The van der Waals surface area contributed by atoms with E-state index in [4.69, 9.17) is 4.74 Å². The number of ether oxygens (including phenoxy) is 1. The van der Waals surface area contributed by atoms with Gasteiger partial charge in [0, 0.05) is 23.9 Å². The summed E-state index contributed by atoms with van der Waals surface area (Å²) in [6.45, 7) is 3.27. The van der Waals surface area contributed by atoms with Gasteiger partial charge in [0.15, 0.2) is 0 Å². The number of hydrogen-bond acceptors (Lipinski definition) is 2. The number of hydrogen-bond donors (Lipinski definition) is 0. The van der Waals surface area contributed by atoms with Crippen molar-refractivity contribution >= 4 is 0 Å². The Hall–Kier alpha value is -0.890. The van der Waals surface area contributed by atoms with E-state index in [1.165, 1.54) is 37.8 Å². The molecule has 0 amide bonds. The minimum absolute atomic E-state index is 0.156. The molecule has 0 bridgehead atoms. The molecule has 1 aromatic heterocycles. The van der Waals surface area contributed by atoms with E-state index in [1.54, 1.807) is 0 Å². The van der Waals surface area contributed by atoms with Gasteiger partial charge in [-0.25, -0.2) is 0 Å². The van der Waals surface area contributed by atoms with E-state index in [1.807, 2.05) is 12.3 Å². The van der Waals surface area contributed by atoms with Gasteiger partial charge in [0.05, 0.1) is 5.60 Å². The summed E-state index contributed by atoms with van der Waals surface area (Å²) in [6, 6.07) is 6.29. The fraction of sp³-hybridized carbons (Fsp3) is 0.688. The van der Waals surface area contributed by atoms with Crippen LogP contribution in [0.4, 0.5) is 0 Å². The van der Waals surface area contributed by atoms with E-state index in [0.717, 1.165) is 19.4 Å². The Labute approximate surface area is 110 Å². The highest BCUT2D eigenvalue weighted by molar-refractivity contribution is 5.18. The van der Waals surface area contributed by atoms with Crippen molar-refractivity contribution in [1.82, 2.24) is 4.98 Å². The normalized spacial score (nSPS) is 31.4. The minimum Gasteiger partial charge on any atom is -0.375 e. The highest BCUT2D eigenvalue weighted by atomic mass is 16.5. The Kier molecular flexibility index (Phi) is 3.14. The Morgan fingerprint density at radius 2 is 1.94 bits per heavy atom. The predicted molar refractivity (Wildman–Crippen MR) is 72.6 cm³/mol. The first kappa shape index (κ1) is 12.2. The Bertz CT molecular complexity index is 391. The maximum atomic E-state index is 6.20. The molecule has 18 heavy (non-hydrogen) atoms. The van der Waals surface area contributed by atoms with Crippen LogP contribution in [0, 0.1) is 0 Å². The summed E-state index contributed by atoms with van der Waals surface area (Å²) in [5, 5.41) is 0. The zero-order chi connectivity index (χ0) is 12.5. The third-order valence-corrected chi connectivity index (χ3v) is 4.82. The van der Waals surface area contributed by atoms with Gasteiger partial charge in [-0.05, 0) is 37.8 Å². The van der Waals surface area contributed by atoms with Crippen LogP contribution in [0.25, 0.3) is 0 Å². The van der Waals surface area contributed by atoms with Gasteiger partial charge in [0.2, 0.25) is 0 Å². The van der Waals surface area contributed by atoms with Crippen LogP contribution in [0.3, 0.4) is 0 Å². The molecule has 3 rings (SSSR count). The number of rotatable bonds is 1. The van der Waals surface area contributed by atoms with E-state index in [-0.39, 0.29) is 11.0 Å². The first-order valence-electron chi connectivity index (χ1n) is 7.28. The largest absolute Gasteiger partial charge is 0.375 e. The summed E-state index contributed by atoms with van der Waals surface area (Å²) < 4.78 is 6.20. The van der Waals surface area contributed by atoms with Gasteiger partial charge in [0.25, 0.3) is 0 Å². The molecule has 1 aromatic rings. The van der Waals surface area contributed by atoms with Gasteiger partial charge >= 0.3 is 0 Å². The summed E-state index contributed by atoms with van der Waals surface area (Å²) >= 11 is 0. The molecule has 2 heteroatoms. The van der Waals surface area contributed by atoms with Crippen LogP contribution in [-0.2, 0) is 10.2 Å². The van der Waals surface area contributed by atoms with E-state index >= 15 is 0 Å². The lowest BCUT2D eigenvalue weighted by Crippen LogP contribution is -2.47. The van der Waals surface area contributed by atoms with Crippen molar-refractivity contribution in [2.75, 3.05) is 6.61 Å². The second-order valence-electron chi connectivity index (χ2n) is 6.29. The molecule has 1 unspecified atom stereocenters.